The quantitative estimate of drug-likeness (QED) is 0.362. The molecule has 0 radical (unpaired) electrons. The summed E-state index contributed by atoms with van der Waals surface area (Å²) in [7, 11) is 0. The van der Waals surface area contributed by atoms with Crippen LogP contribution >= 0.6 is 0 Å². The zero-order valence-corrected chi connectivity index (χ0v) is 11.5. The number of aliphatic imine (C=N–C) groups is 1. The monoisotopic (exact) mass is 270 g/mol. The first-order valence-corrected chi connectivity index (χ1v) is 6.62. The van der Waals surface area contributed by atoms with Crippen molar-refractivity contribution in [2.45, 2.75) is 6.92 Å². The van der Waals surface area contributed by atoms with E-state index in [9.17, 15) is 4.79 Å². The maximum absolute atomic E-state index is 11.5. The molecule has 0 heterocycles. The van der Waals surface area contributed by atoms with Crippen molar-refractivity contribution in [1.29, 1.82) is 0 Å². The number of hydrogen-bond donors (Lipinski definition) is 0. The zero-order valence-electron chi connectivity index (χ0n) is 11.5. The van der Waals surface area contributed by atoms with Crippen LogP contribution in [0.4, 0.5) is 0 Å². The molecule has 2 aromatic carbocycles. The minimum absolute atomic E-state index is 0.0347. The molecule has 0 aromatic heterocycles. The van der Waals surface area contributed by atoms with E-state index in [1.807, 2.05) is 60.7 Å². The molecule has 0 atom stereocenters. The summed E-state index contributed by atoms with van der Waals surface area (Å²) < 4.78 is 4.92. The van der Waals surface area contributed by atoms with Crippen LogP contribution in [0, 0.1) is 0 Å². The highest BCUT2D eigenvalue weighted by Crippen LogP contribution is 2.10. The van der Waals surface area contributed by atoms with Gasteiger partial charge in [-0.25, -0.2) is 0 Å². The third-order valence-electron chi connectivity index (χ3n) is 2.77. The predicted octanol–water partition coefficient (Wildman–Crippen LogP) is 3.09. The third-order valence-corrected chi connectivity index (χ3v) is 2.77. The topological polar surface area (TPSA) is 38.7 Å². The van der Waals surface area contributed by atoms with Crippen molar-refractivity contribution < 1.29 is 9.53 Å². The van der Waals surface area contributed by atoms with Gasteiger partial charge in [0.05, 0.1) is 12.3 Å². The molecule has 3 heteroatoms. The lowest BCUT2D eigenvalue weighted by Gasteiger charge is -2.07. The largest absolute Gasteiger partial charge is 0.465 e. The minimum atomic E-state index is -0.308. The fourth-order valence-electron chi connectivity index (χ4n) is 1.89. The molecule has 0 bridgehead atoms. The van der Waals surface area contributed by atoms with E-state index in [2.05, 4.69) is 4.99 Å². The van der Waals surface area contributed by atoms with Gasteiger partial charge in [0.25, 0.3) is 0 Å². The van der Waals surface area contributed by atoms with Gasteiger partial charge in [0.1, 0.15) is 6.54 Å². The Bertz CT molecular complexity index is 535. The van der Waals surface area contributed by atoms with Crippen molar-refractivity contribution in [3.05, 3.63) is 71.8 Å². The Morgan fingerprint density at radius 1 is 0.950 bits per heavy atom. The molecule has 0 fully saturated rings. The highest BCUT2D eigenvalue weighted by Gasteiger charge is 2.07. The van der Waals surface area contributed by atoms with Gasteiger partial charge in [-0.15, -0.1) is 0 Å². The average Bonchev–Trinajstić information content (AvgIpc) is 2.50. The van der Waals surface area contributed by atoms with Gasteiger partial charge >= 0.3 is 5.97 Å². The molecule has 0 unspecified atom stereocenters. The SMILES string of the molecule is CCO[13C](=O)[13CH2][15N]=C(c1ccccc1)c1ccccc1. The Hall–Kier alpha value is -2.42. The highest BCUT2D eigenvalue weighted by atomic mass is 16.6. The molecule has 2 rings (SSSR count). The van der Waals surface area contributed by atoms with Crippen molar-refractivity contribution in [1.82, 2.24) is 0 Å². The maximum atomic E-state index is 11.5. The summed E-state index contributed by atoms with van der Waals surface area (Å²) in [5.74, 6) is -0.308. The number of hydrogen-bond acceptors (Lipinski definition) is 3. The van der Waals surface area contributed by atoms with Gasteiger partial charge in [-0.05, 0) is 6.92 Å². The predicted molar refractivity (Wildman–Crippen MR) is 80.0 cm³/mol. The van der Waals surface area contributed by atoms with Gasteiger partial charge in [0.2, 0.25) is 0 Å². The molecule has 0 saturated heterocycles. The number of esters is 1. The summed E-state index contributed by atoms with van der Waals surface area (Å²) in [6, 6.07) is 19.7. The van der Waals surface area contributed by atoms with Gasteiger partial charge in [-0.1, -0.05) is 60.7 Å². The number of carbonyl (C=O) groups excluding carboxylic acids is 1. The second-order valence-electron chi connectivity index (χ2n) is 4.20. The Morgan fingerprint density at radius 3 is 1.90 bits per heavy atom. The summed E-state index contributed by atoms with van der Waals surface area (Å²) in [6.45, 7) is 2.20. The maximum Gasteiger partial charge on any atom is 0.327 e. The smallest absolute Gasteiger partial charge is 0.327 e. The van der Waals surface area contributed by atoms with Gasteiger partial charge < -0.3 is 4.74 Å². The average molecular weight is 270 g/mol. The van der Waals surface area contributed by atoms with E-state index in [1.54, 1.807) is 6.92 Å². The highest BCUT2D eigenvalue weighted by molar-refractivity contribution is 6.13. The Labute approximate surface area is 118 Å². The molecule has 0 N–H and O–H groups in total. The van der Waals surface area contributed by atoms with Gasteiger partial charge in [-0.2, -0.15) is 0 Å². The molecular weight excluding hydrogens is 253 g/mol. The van der Waals surface area contributed by atoms with E-state index >= 15 is 0 Å². The van der Waals surface area contributed by atoms with E-state index in [0.29, 0.717) is 6.61 Å². The van der Waals surface area contributed by atoms with Crippen molar-refractivity contribution in [2.75, 3.05) is 13.2 Å². The first-order chi connectivity index (χ1) is 9.81. The molecule has 20 heavy (non-hydrogen) atoms. The summed E-state index contributed by atoms with van der Waals surface area (Å²) in [5.41, 5.74) is 2.78. The molecule has 0 saturated carbocycles. The summed E-state index contributed by atoms with van der Waals surface area (Å²) in [4.78, 5) is 15.9. The second-order valence-corrected chi connectivity index (χ2v) is 4.20. The van der Waals surface area contributed by atoms with Crippen LogP contribution in [0.5, 0.6) is 0 Å². The van der Waals surface area contributed by atoms with Crippen LogP contribution in [0.15, 0.2) is 65.7 Å². The van der Waals surface area contributed by atoms with Crippen molar-refractivity contribution >= 4 is 11.7 Å². The van der Waals surface area contributed by atoms with E-state index in [1.165, 1.54) is 0 Å². The lowest BCUT2D eigenvalue weighted by molar-refractivity contribution is -0.141. The number of rotatable bonds is 5. The van der Waals surface area contributed by atoms with Crippen molar-refractivity contribution in [3.8, 4) is 0 Å². The van der Waals surface area contributed by atoms with Gasteiger partial charge in [-0.3, -0.25) is 9.79 Å². The number of ether oxygens (including phenoxy) is 1. The molecule has 3 nitrogen and oxygen atoms in total. The summed E-state index contributed by atoms with van der Waals surface area (Å²) in [5, 5.41) is 0. The molecule has 0 spiro atoms. The van der Waals surface area contributed by atoms with E-state index in [0.717, 1.165) is 16.8 Å². The van der Waals surface area contributed by atoms with Crippen LogP contribution < -0.4 is 0 Å². The van der Waals surface area contributed by atoms with E-state index in [-0.39, 0.29) is 12.5 Å². The fourth-order valence-corrected chi connectivity index (χ4v) is 1.89. The molecule has 102 valence electrons. The Morgan fingerprint density at radius 2 is 1.45 bits per heavy atom. The van der Waals surface area contributed by atoms with Crippen LogP contribution in [0.2, 0.25) is 0 Å². The molecular formula is C17H17NO2. The van der Waals surface area contributed by atoms with Crippen LogP contribution in [-0.4, -0.2) is 24.8 Å². The fraction of sp³-hybridized carbons (Fsp3) is 0.176. The van der Waals surface area contributed by atoms with Crippen molar-refractivity contribution in [3.63, 3.8) is 0 Å². The molecule has 0 amide bonds. The lowest BCUT2D eigenvalue weighted by atomic mass is 10.0. The molecule has 2 aromatic rings. The number of benzene rings is 2. The minimum Gasteiger partial charge on any atom is -0.465 e. The van der Waals surface area contributed by atoms with Gasteiger partial charge in [0.15, 0.2) is 0 Å². The number of carbonyl (C=O) groups is 1. The Balaban J connectivity index is 2.30. The van der Waals surface area contributed by atoms with Crippen LogP contribution in [-0.2, 0) is 9.53 Å². The van der Waals surface area contributed by atoms with Crippen LogP contribution in [0.1, 0.15) is 18.1 Å². The first kappa shape index (κ1) is 14.0. The van der Waals surface area contributed by atoms with Crippen molar-refractivity contribution in [2.24, 2.45) is 4.99 Å². The summed E-state index contributed by atoms with van der Waals surface area (Å²) in [6.07, 6.45) is 0. The lowest BCUT2D eigenvalue weighted by Crippen LogP contribution is -2.11. The normalized spacial score (nSPS) is 9.85. The summed E-state index contributed by atoms with van der Waals surface area (Å²) >= 11 is 0. The third kappa shape index (κ3) is 3.79. The standard InChI is InChI=1S/C17H17NO2/c1-2-20-16(19)13-18-17(14-9-5-3-6-10-14)15-11-7-4-8-12-15/h3-12H,2,13H2,1H3/i13+1,16+1,18+1. The van der Waals surface area contributed by atoms with Crippen LogP contribution in [0.25, 0.3) is 0 Å². The molecule has 0 aliphatic heterocycles. The zero-order chi connectivity index (χ0) is 14.2. The Kier molecular flexibility index (Phi) is 5.07. The molecule has 0 aliphatic rings. The van der Waals surface area contributed by atoms with Crippen LogP contribution in [0.3, 0.4) is 0 Å². The second kappa shape index (κ2) is 7.24. The number of nitrogens with zero attached hydrogens (tertiary/aromatic N) is 1. The van der Waals surface area contributed by atoms with E-state index in [4.69, 9.17) is 4.74 Å². The van der Waals surface area contributed by atoms with Gasteiger partial charge in [0, 0.05) is 11.1 Å². The molecule has 0 aliphatic carbocycles. The van der Waals surface area contributed by atoms with E-state index < -0.39 is 0 Å². The first-order valence-electron chi connectivity index (χ1n) is 6.62.